The Hall–Kier alpha value is -3.58. The molecule has 1 aromatic heterocycles. The summed E-state index contributed by atoms with van der Waals surface area (Å²) in [5.41, 5.74) is 2.26. The minimum atomic E-state index is -0.159. The Balaban J connectivity index is 1.35. The summed E-state index contributed by atoms with van der Waals surface area (Å²) in [6.07, 6.45) is 3.54. The molecule has 3 aromatic carbocycles. The van der Waals surface area contributed by atoms with E-state index in [1.54, 1.807) is 30.5 Å². The minimum Gasteiger partial charge on any atom is -0.345 e. The molecule has 0 saturated carbocycles. The summed E-state index contributed by atoms with van der Waals surface area (Å²) in [7, 11) is 1.89. The summed E-state index contributed by atoms with van der Waals surface area (Å²) in [4.78, 5) is 29.1. The standard InChI is InChI=1S/C25H24N4O2S/c1-17(21-9-5-7-18-6-3-4-8-22(18)21)27-24(31)19-10-12-20(13-11-19)28-23(30)16-32-25-26-14-15-29(25)2/h3-15,17H,16H2,1-2H3,(H,27,31)(H,28,30). The number of aryl methyl sites for hydroxylation is 1. The quantitative estimate of drug-likeness (QED) is 0.402. The average molecular weight is 445 g/mol. The number of carbonyl (C=O) groups excluding carboxylic acids is 2. The van der Waals surface area contributed by atoms with Crippen molar-refractivity contribution in [2.75, 3.05) is 11.1 Å². The van der Waals surface area contributed by atoms with Crippen molar-refractivity contribution >= 4 is 40.0 Å². The number of aromatic nitrogens is 2. The van der Waals surface area contributed by atoms with Crippen LogP contribution < -0.4 is 10.6 Å². The van der Waals surface area contributed by atoms with Crippen molar-refractivity contribution in [3.05, 3.63) is 90.3 Å². The van der Waals surface area contributed by atoms with Gasteiger partial charge in [-0.3, -0.25) is 9.59 Å². The van der Waals surface area contributed by atoms with Crippen molar-refractivity contribution < 1.29 is 9.59 Å². The second-order valence-corrected chi connectivity index (χ2v) is 8.44. The topological polar surface area (TPSA) is 76.0 Å². The zero-order valence-electron chi connectivity index (χ0n) is 17.9. The summed E-state index contributed by atoms with van der Waals surface area (Å²) in [6.45, 7) is 1.98. The number of imidazole rings is 1. The van der Waals surface area contributed by atoms with Crippen LogP contribution in [0.5, 0.6) is 0 Å². The van der Waals surface area contributed by atoms with E-state index in [1.807, 2.05) is 49.0 Å². The molecule has 0 spiro atoms. The Morgan fingerprint density at radius 1 is 1.03 bits per heavy atom. The zero-order valence-corrected chi connectivity index (χ0v) is 18.7. The molecule has 7 heteroatoms. The molecule has 4 aromatic rings. The van der Waals surface area contributed by atoms with Crippen molar-refractivity contribution in [2.24, 2.45) is 7.05 Å². The van der Waals surface area contributed by atoms with E-state index in [0.717, 1.165) is 21.5 Å². The summed E-state index contributed by atoms with van der Waals surface area (Å²) in [5.74, 6) is -0.0243. The molecular weight excluding hydrogens is 420 g/mol. The highest BCUT2D eigenvalue weighted by Gasteiger charge is 2.14. The lowest BCUT2D eigenvalue weighted by molar-refractivity contribution is -0.113. The second-order valence-electron chi connectivity index (χ2n) is 7.50. The van der Waals surface area contributed by atoms with E-state index in [0.29, 0.717) is 11.3 Å². The van der Waals surface area contributed by atoms with Crippen LogP contribution in [-0.4, -0.2) is 27.1 Å². The van der Waals surface area contributed by atoms with E-state index in [-0.39, 0.29) is 23.6 Å². The molecule has 162 valence electrons. The number of benzene rings is 3. The first kappa shape index (κ1) is 21.6. The van der Waals surface area contributed by atoms with Gasteiger partial charge in [-0.2, -0.15) is 0 Å². The van der Waals surface area contributed by atoms with Crippen molar-refractivity contribution in [3.63, 3.8) is 0 Å². The van der Waals surface area contributed by atoms with Crippen LogP contribution in [0.25, 0.3) is 10.8 Å². The van der Waals surface area contributed by atoms with Crippen molar-refractivity contribution in [1.82, 2.24) is 14.9 Å². The number of hydrogen-bond acceptors (Lipinski definition) is 4. The highest BCUT2D eigenvalue weighted by atomic mass is 32.2. The third-order valence-corrected chi connectivity index (χ3v) is 6.24. The van der Waals surface area contributed by atoms with Crippen LogP contribution in [0.3, 0.4) is 0 Å². The van der Waals surface area contributed by atoms with Gasteiger partial charge in [-0.25, -0.2) is 4.98 Å². The van der Waals surface area contributed by atoms with Gasteiger partial charge in [-0.1, -0.05) is 54.2 Å². The first-order valence-electron chi connectivity index (χ1n) is 10.3. The van der Waals surface area contributed by atoms with Crippen LogP contribution >= 0.6 is 11.8 Å². The maximum absolute atomic E-state index is 12.8. The number of amides is 2. The van der Waals surface area contributed by atoms with Crippen LogP contribution in [0.2, 0.25) is 0 Å². The molecule has 0 saturated heterocycles. The molecule has 32 heavy (non-hydrogen) atoms. The Kier molecular flexibility index (Phi) is 6.56. The molecule has 2 amide bonds. The monoisotopic (exact) mass is 444 g/mol. The molecule has 1 atom stereocenters. The molecule has 0 radical (unpaired) electrons. The normalized spacial score (nSPS) is 11.8. The van der Waals surface area contributed by atoms with E-state index in [2.05, 4.69) is 33.8 Å². The predicted octanol–water partition coefficient (Wildman–Crippen LogP) is 4.80. The Bertz CT molecular complexity index is 1250. The molecule has 0 bridgehead atoms. The van der Waals surface area contributed by atoms with Crippen molar-refractivity contribution in [2.45, 2.75) is 18.1 Å². The van der Waals surface area contributed by atoms with Crippen LogP contribution in [0.15, 0.2) is 84.3 Å². The summed E-state index contributed by atoms with van der Waals surface area (Å²) in [5, 5.41) is 8.97. The molecule has 0 fully saturated rings. The van der Waals surface area contributed by atoms with Crippen LogP contribution in [0.4, 0.5) is 5.69 Å². The molecule has 0 aliphatic rings. The highest BCUT2D eigenvalue weighted by molar-refractivity contribution is 7.99. The summed E-state index contributed by atoms with van der Waals surface area (Å²) < 4.78 is 1.87. The SMILES string of the molecule is CC(NC(=O)c1ccc(NC(=O)CSc2nccn2C)cc1)c1cccc2ccccc12. The number of nitrogens with zero attached hydrogens (tertiary/aromatic N) is 2. The van der Waals surface area contributed by atoms with Crippen LogP contribution in [0.1, 0.15) is 28.9 Å². The Morgan fingerprint density at radius 3 is 2.53 bits per heavy atom. The summed E-state index contributed by atoms with van der Waals surface area (Å²) in [6, 6.07) is 21.0. The van der Waals surface area contributed by atoms with Gasteiger partial charge in [0.25, 0.3) is 5.91 Å². The number of hydrogen-bond donors (Lipinski definition) is 2. The fourth-order valence-electron chi connectivity index (χ4n) is 3.51. The molecule has 2 N–H and O–H groups in total. The first-order valence-corrected chi connectivity index (χ1v) is 11.3. The van der Waals surface area contributed by atoms with E-state index in [4.69, 9.17) is 0 Å². The maximum Gasteiger partial charge on any atom is 0.251 e. The third kappa shape index (κ3) is 5.00. The molecule has 4 rings (SSSR count). The van der Waals surface area contributed by atoms with Crippen molar-refractivity contribution in [3.8, 4) is 0 Å². The second kappa shape index (κ2) is 9.70. The maximum atomic E-state index is 12.8. The van der Waals surface area contributed by atoms with E-state index in [1.165, 1.54) is 11.8 Å². The minimum absolute atomic E-state index is 0.125. The fourth-order valence-corrected chi connectivity index (χ4v) is 4.24. The fraction of sp³-hybridized carbons (Fsp3) is 0.160. The van der Waals surface area contributed by atoms with Gasteiger partial charge in [0.1, 0.15) is 0 Å². The van der Waals surface area contributed by atoms with Gasteiger partial charge >= 0.3 is 0 Å². The number of nitrogens with one attached hydrogen (secondary N) is 2. The van der Waals surface area contributed by atoms with Gasteiger partial charge in [-0.15, -0.1) is 0 Å². The smallest absolute Gasteiger partial charge is 0.251 e. The molecule has 1 unspecified atom stereocenters. The third-order valence-electron chi connectivity index (χ3n) is 5.18. The largest absolute Gasteiger partial charge is 0.345 e. The van der Waals surface area contributed by atoms with E-state index in [9.17, 15) is 9.59 Å². The van der Waals surface area contributed by atoms with Crippen LogP contribution in [-0.2, 0) is 11.8 Å². The van der Waals surface area contributed by atoms with Gasteiger partial charge in [0.2, 0.25) is 5.91 Å². The average Bonchev–Trinajstić information content (AvgIpc) is 3.22. The van der Waals surface area contributed by atoms with Crippen molar-refractivity contribution in [1.29, 1.82) is 0 Å². The number of carbonyl (C=O) groups is 2. The van der Waals surface area contributed by atoms with Crippen LogP contribution in [0, 0.1) is 0 Å². The molecule has 1 heterocycles. The lowest BCUT2D eigenvalue weighted by atomic mass is 9.99. The van der Waals surface area contributed by atoms with Gasteiger partial charge < -0.3 is 15.2 Å². The Morgan fingerprint density at radius 2 is 1.78 bits per heavy atom. The first-order chi connectivity index (χ1) is 15.5. The summed E-state index contributed by atoms with van der Waals surface area (Å²) >= 11 is 1.37. The predicted molar refractivity (Wildman–Crippen MR) is 129 cm³/mol. The molecule has 0 aliphatic carbocycles. The lowest BCUT2D eigenvalue weighted by Crippen LogP contribution is -2.26. The molecule has 6 nitrogen and oxygen atoms in total. The number of rotatable bonds is 7. The van der Waals surface area contributed by atoms with Gasteiger partial charge in [0.15, 0.2) is 5.16 Å². The highest BCUT2D eigenvalue weighted by Crippen LogP contribution is 2.24. The lowest BCUT2D eigenvalue weighted by Gasteiger charge is -2.17. The van der Waals surface area contributed by atoms with Gasteiger partial charge in [0, 0.05) is 30.7 Å². The number of thioether (sulfide) groups is 1. The van der Waals surface area contributed by atoms with E-state index >= 15 is 0 Å². The zero-order chi connectivity index (χ0) is 22.5. The van der Waals surface area contributed by atoms with Gasteiger partial charge in [-0.05, 0) is 47.5 Å². The molecule has 0 aliphatic heterocycles. The number of fused-ring (bicyclic) bond motifs is 1. The van der Waals surface area contributed by atoms with E-state index < -0.39 is 0 Å². The van der Waals surface area contributed by atoms with Gasteiger partial charge in [0.05, 0.1) is 11.8 Å². The number of anilines is 1. The Labute approximate surface area is 191 Å². The molecular formula is C25H24N4O2S.